The maximum Gasteiger partial charge on any atom is 0.244 e. The number of hydrogen-bond donors (Lipinski definition) is 1. The van der Waals surface area contributed by atoms with Crippen molar-refractivity contribution in [1.29, 1.82) is 0 Å². The van der Waals surface area contributed by atoms with Crippen molar-refractivity contribution in [2.45, 2.75) is 6.92 Å². The highest BCUT2D eigenvalue weighted by molar-refractivity contribution is 5.87. The number of para-hydroxylation sites is 1. The fourth-order valence-corrected chi connectivity index (χ4v) is 2.52. The van der Waals surface area contributed by atoms with Gasteiger partial charge in [-0.25, -0.2) is 0 Å². The molecule has 4 heteroatoms. The molecule has 0 aliphatic carbocycles. The fourth-order valence-electron chi connectivity index (χ4n) is 2.52. The summed E-state index contributed by atoms with van der Waals surface area (Å²) in [4.78, 5) is 16.3. The van der Waals surface area contributed by atoms with E-state index in [4.69, 9.17) is 0 Å². The zero-order chi connectivity index (χ0) is 15.6. The van der Waals surface area contributed by atoms with Crippen molar-refractivity contribution < 1.29 is 4.79 Å². The first kappa shape index (κ1) is 16.3. The summed E-state index contributed by atoms with van der Waals surface area (Å²) < 4.78 is 0. The maximum atomic E-state index is 11.5. The van der Waals surface area contributed by atoms with E-state index in [9.17, 15) is 4.79 Å². The molecule has 0 aromatic heterocycles. The highest BCUT2D eigenvalue weighted by atomic mass is 16.1. The lowest BCUT2D eigenvalue weighted by molar-refractivity contribution is -0.116. The number of anilines is 1. The van der Waals surface area contributed by atoms with E-state index in [2.05, 4.69) is 39.4 Å². The third-order valence-corrected chi connectivity index (χ3v) is 3.77. The van der Waals surface area contributed by atoms with Gasteiger partial charge in [0, 0.05) is 51.0 Å². The molecule has 1 amide bonds. The van der Waals surface area contributed by atoms with Crippen LogP contribution in [-0.2, 0) is 4.79 Å². The Kier molecular flexibility index (Phi) is 6.71. The Morgan fingerprint density at radius 1 is 1.14 bits per heavy atom. The molecule has 4 nitrogen and oxygen atoms in total. The molecule has 0 spiro atoms. The summed E-state index contributed by atoms with van der Waals surface area (Å²) >= 11 is 0. The van der Waals surface area contributed by atoms with Gasteiger partial charge >= 0.3 is 0 Å². The molecule has 2 rings (SSSR count). The van der Waals surface area contributed by atoms with Crippen LogP contribution in [-0.4, -0.2) is 50.1 Å². The van der Waals surface area contributed by atoms with Gasteiger partial charge in [-0.1, -0.05) is 36.4 Å². The number of amides is 1. The minimum Gasteiger partial charge on any atom is -0.369 e. The standard InChI is InChI=1S/C18H25N3O/c1-2-3-5-10-18(22)19-11-12-20-13-15-21(16-14-20)17-8-6-4-7-9-17/h2-10H,11-16H2,1H3,(H,19,22). The van der Waals surface area contributed by atoms with E-state index < -0.39 is 0 Å². The predicted molar refractivity (Wildman–Crippen MR) is 92.1 cm³/mol. The van der Waals surface area contributed by atoms with E-state index in [-0.39, 0.29) is 5.91 Å². The molecular weight excluding hydrogens is 274 g/mol. The average molecular weight is 299 g/mol. The topological polar surface area (TPSA) is 35.6 Å². The molecule has 1 fully saturated rings. The number of allylic oxidation sites excluding steroid dienone is 3. The van der Waals surface area contributed by atoms with Crippen LogP contribution in [0.15, 0.2) is 54.6 Å². The van der Waals surface area contributed by atoms with E-state index in [1.54, 1.807) is 12.2 Å². The molecular formula is C18H25N3O. The molecule has 0 bridgehead atoms. The first-order valence-corrected chi connectivity index (χ1v) is 7.89. The summed E-state index contributed by atoms with van der Waals surface area (Å²) in [5.74, 6) is -0.0268. The lowest BCUT2D eigenvalue weighted by atomic mass is 10.2. The Labute approximate surface area is 133 Å². The number of rotatable bonds is 6. The van der Waals surface area contributed by atoms with Crippen molar-refractivity contribution in [3.05, 3.63) is 54.6 Å². The minimum atomic E-state index is -0.0268. The summed E-state index contributed by atoms with van der Waals surface area (Å²) in [6.07, 6.45) is 7.07. The first-order chi connectivity index (χ1) is 10.8. The molecule has 1 aromatic carbocycles. The molecule has 1 aliphatic heterocycles. The number of piperazine rings is 1. The molecule has 0 radical (unpaired) electrons. The number of carbonyl (C=O) groups is 1. The Balaban J connectivity index is 1.64. The number of carbonyl (C=O) groups excluding carboxylic acids is 1. The Morgan fingerprint density at radius 3 is 2.55 bits per heavy atom. The van der Waals surface area contributed by atoms with E-state index in [0.717, 1.165) is 32.7 Å². The van der Waals surface area contributed by atoms with Crippen LogP contribution in [0.3, 0.4) is 0 Å². The molecule has 1 heterocycles. The Bertz CT molecular complexity index is 502. The highest BCUT2D eigenvalue weighted by Crippen LogP contribution is 2.15. The lowest BCUT2D eigenvalue weighted by Gasteiger charge is -2.36. The van der Waals surface area contributed by atoms with Crippen LogP contribution in [0, 0.1) is 0 Å². The van der Waals surface area contributed by atoms with Crippen LogP contribution < -0.4 is 10.2 Å². The molecule has 1 N–H and O–H groups in total. The third-order valence-electron chi connectivity index (χ3n) is 3.77. The zero-order valence-corrected chi connectivity index (χ0v) is 13.2. The molecule has 1 aromatic rings. The van der Waals surface area contributed by atoms with Gasteiger partial charge in [-0.2, -0.15) is 0 Å². The van der Waals surface area contributed by atoms with Crippen molar-refractivity contribution in [3.8, 4) is 0 Å². The SMILES string of the molecule is CC=CC=CC(=O)NCCN1CCN(c2ccccc2)CC1. The van der Waals surface area contributed by atoms with E-state index in [0.29, 0.717) is 6.54 Å². The maximum absolute atomic E-state index is 11.5. The second-order valence-electron chi connectivity index (χ2n) is 5.34. The second-order valence-corrected chi connectivity index (χ2v) is 5.34. The highest BCUT2D eigenvalue weighted by Gasteiger charge is 2.16. The van der Waals surface area contributed by atoms with Crippen molar-refractivity contribution in [2.75, 3.05) is 44.2 Å². The van der Waals surface area contributed by atoms with Crippen molar-refractivity contribution in [2.24, 2.45) is 0 Å². The fraction of sp³-hybridized carbons (Fsp3) is 0.389. The number of hydrogen-bond acceptors (Lipinski definition) is 3. The largest absolute Gasteiger partial charge is 0.369 e. The lowest BCUT2D eigenvalue weighted by Crippen LogP contribution is -2.48. The molecule has 118 valence electrons. The zero-order valence-electron chi connectivity index (χ0n) is 13.2. The molecule has 22 heavy (non-hydrogen) atoms. The van der Waals surface area contributed by atoms with Crippen LogP contribution in [0.2, 0.25) is 0 Å². The van der Waals surface area contributed by atoms with Gasteiger partial charge < -0.3 is 10.2 Å². The van der Waals surface area contributed by atoms with Crippen LogP contribution in [0.1, 0.15) is 6.92 Å². The summed E-state index contributed by atoms with van der Waals surface area (Å²) in [5.41, 5.74) is 1.30. The Hall–Kier alpha value is -2.07. The minimum absolute atomic E-state index is 0.0268. The Morgan fingerprint density at radius 2 is 1.86 bits per heavy atom. The predicted octanol–water partition coefficient (Wildman–Crippen LogP) is 2.06. The first-order valence-electron chi connectivity index (χ1n) is 7.89. The van der Waals surface area contributed by atoms with Gasteiger partial charge in [0.1, 0.15) is 0 Å². The van der Waals surface area contributed by atoms with Crippen LogP contribution >= 0.6 is 0 Å². The van der Waals surface area contributed by atoms with E-state index >= 15 is 0 Å². The van der Waals surface area contributed by atoms with Gasteiger partial charge in [-0.3, -0.25) is 9.69 Å². The monoisotopic (exact) mass is 299 g/mol. The van der Waals surface area contributed by atoms with Gasteiger partial charge in [-0.15, -0.1) is 0 Å². The average Bonchev–Trinajstić information content (AvgIpc) is 2.57. The number of benzene rings is 1. The molecule has 1 saturated heterocycles. The van der Waals surface area contributed by atoms with Crippen LogP contribution in [0.4, 0.5) is 5.69 Å². The van der Waals surface area contributed by atoms with Crippen LogP contribution in [0.25, 0.3) is 0 Å². The smallest absolute Gasteiger partial charge is 0.244 e. The summed E-state index contributed by atoms with van der Waals surface area (Å²) in [7, 11) is 0. The van der Waals surface area contributed by atoms with E-state index in [1.165, 1.54) is 5.69 Å². The third kappa shape index (κ3) is 5.37. The molecule has 1 aliphatic rings. The van der Waals surface area contributed by atoms with Crippen LogP contribution in [0.5, 0.6) is 0 Å². The van der Waals surface area contributed by atoms with E-state index in [1.807, 2.05) is 25.1 Å². The van der Waals surface area contributed by atoms with Gasteiger partial charge in [0.2, 0.25) is 5.91 Å². The quantitative estimate of drug-likeness (QED) is 0.645. The van der Waals surface area contributed by atoms with Gasteiger partial charge in [0.25, 0.3) is 0 Å². The molecule has 0 unspecified atom stereocenters. The second kappa shape index (κ2) is 9.05. The molecule has 0 saturated carbocycles. The van der Waals surface area contributed by atoms with Crippen molar-refractivity contribution in [1.82, 2.24) is 10.2 Å². The summed E-state index contributed by atoms with van der Waals surface area (Å²) in [6.45, 7) is 7.70. The van der Waals surface area contributed by atoms with Gasteiger partial charge in [-0.05, 0) is 19.1 Å². The number of nitrogens with zero attached hydrogens (tertiary/aromatic N) is 2. The number of nitrogens with one attached hydrogen (secondary N) is 1. The van der Waals surface area contributed by atoms with Gasteiger partial charge in [0.05, 0.1) is 0 Å². The van der Waals surface area contributed by atoms with Gasteiger partial charge in [0.15, 0.2) is 0 Å². The van der Waals surface area contributed by atoms with Crippen molar-refractivity contribution >= 4 is 11.6 Å². The normalized spacial score (nSPS) is 16.5. The molecule has 0 atom stereocenters. The summed E-state index contributed by atoms with van der Waals surface area (Å²) in [6, 6.07) is 10.5. The summed E-state index contributed by atoms with van der Waals surface area (Å²) in [5, 5.41) is 2.92. The van der Waals surface area contributed by atoms with Crippen molar-refractivity contribution in [3.63, 3.8) is 0 Å².